The average molecular weight is 298 g/mol. The number of nitrogens with zero attached hydrogens (tertiary/aromatic N) is 1. The summed E-state index contributed by atoms with van der Waals surface area (Å²) in [6.07, 6.45) is 1.87. The third-order valence-electron chi connectivity index (χ3n) is 3.14. The third kappa shape index (κ3) is 2.69. The number of carbonyl (C=O) groups excluding carboxylic acids is 1. The molecule has 17 heavy (non-hydrogen) atoms. The molecule has 92 valence electrons. The lowest BCUT2D eigenvalue weighted by Crippen LogP contribution is -2.37. The number of carbonyl (C=O) groups is 1. The molecule has 1 aliphatic rings. The molecule has 2 rings (SSSR count). The summed E-state index contributed by atoms with van der Waals surface area (Å²) in [5, 5.41) is 9.24. The van der Waals surface area contributed by atoms with E-state index >= 15 is 0 Å². The molecule has 0 aromatic heterocycles. The molecule has 0 unspecified atom stereocenters. The van der Waals surface area contributed by atoms with Gasteiger partial charge in [-0.25, -0.2) is 0 Å². The molecule has 1 heterocycles. The second-order valence-electron chi connectivity index (χ2n) is 4.49. The van der Waals surface area contributed by atoms with Crippen molar-refractivity contribution < 1.29 is 9.90 Å². The first-order chi connectivity index (χ1) is 8.11. The van der Waals surface area contributed by atoms with Gasteiger partial charge in [-0.3, -0.25) is 4.79 Å². The number of rotatable bonds is 2. The first kappa shape index (κ1) is 12.6. The Morgan fingerprint density at radius 3 is 2.94 bits per heavy atom. The SMILES string of the molecule is Cc1cc(Br)cc(C(=O)N2CCC[C@H]2CO)c1. The van der Waals surface area contributed by atoms with Crippen LogP contribution in [0.1, 0.15) is 28.8 Å². The predicted octanol–water partition coefficient (Wildman–Crippen LogP) is 2.35. The summed E-state index contributed by atoms with van der Waals surface area (Å²) in [4.78, 5) is 14.1. The molecule has 1 aromatic carbocycles. The average Bonchev–Trinajstić information content (AvgIpc) is 2.74. The molecule has 1 aliphatic heterocycles. The van der Waals surface area contributed by atoms with E-state index in [1.807, 2.05) is 25.1 Å². The molecule has 1 amide bonds. The maximum atomic E-state index is 12.3. The number of hydrogen-bond donors (Lipinski definition) is 1. The highest BCUT2D eigenvalue weighted by Crippen LogP contribution is 2.22. The topological polar surface area (TPSA) is 40.5 Å². The van der Waals surface area contributed by atoms with E-state index in [2.05, 4.69) is 15.9 Å². The Morgan fingerprint density at radius 1 is 1.53 bits per heavy atom. The molecule has 1 atom stereocenters. The summed E-state index contributed by atoms with van der Waals surface area (Å²) < 4.78 is 0.917. The molecule has 0 spiro atoms. The van der Waals surface area contributed by atoms with E-state index in [-0.39, 0.29) is 18.6 Å². The summed E-state index contributed by atoms with van der Waals surface area (Å²) in [5.41, 5.74) is 1.75. The lowest BCUT2D eigenvalue weighted by Gasteiger charge is -2.23. The summed E-state index contributed by atoms with van der Waals surface area (Å²) in [6.45, 7) is 2.77. The summed E-state index contributed by atoms with van der Waals surface area (Å²) in [6, 6.07) is 5.69. The van der Waals surface area contributed by atoms with Gasteiger partial charge in [0.2, 0.25) is 0 Å². The van der Waals surface area contributed by atoms with Gasteiger partial charge in [0.1, 0.15) is 0 Å². The van der Waals surface area contributed by atoms with Crippen molar-refractivity contribution in [2.45, 2.75) is 25.8 Å². The third-order valence-corrected chi connectivity index (χ3v) is 3.60. The standard InChI is InChI=1S/C13H16BrNO2/c1-9-5-10(7-11(14)6-9)13(17)15-4-2-3-12(15)8-16/h5-7,12,16H,2-4,8H2,1H3/t12-/m0/s1. The smallest absolute Gasteiger partial charge is 0.254 e. The molecule has 1 saturated heterocycles. The van der Waals surface area contributed by atoms with Crippen molar-refractivity contribution in [3.05, 3.63) is 33.8 Å². The van der Waals surface area contributed by atoms with Crippen LogP contribution in [0, 0.1) is 6.92 Å². The Kier molecular flexibility index (Phi) is 3.84. The zero-order chi connectivity index (χ0) is 12.4. The molecule has 0 aliphatic carbocycles. The second kappa shape index (κ2) is 5.19. The summed E-state index contributed by atoms with van der Waals surface area (Å²) in [7, 11) is 0. The van der Waals surface area contributed by atoms with Crippen molar-refractivity contribution in [3.8, 4) is 0 Å². The maximum absolute atomic E-state index is 12.3. The van der Waals surface area contributed by atoms with Gasteiger partial charge in [-0.2, -0.15) is 0 Å². The van der Waals surface area contributed by atoms with Gasteiger partial charge >= 0.3 is 0 Å². The van der Waals surface area contributed by atoms with Gasteiger partial charge in [0.05, 0.1) is 12.6 Å². The molecule has 0 bridgehead atoms. The molecule has 0 radical (unpaired) electrons. The van der Waals surface area contributed by atoms with E-state index in [9.17, 15) is 9.90 Å². The Hall–Kier alpha value is -0.870. The van der Waals surface area contributed by atoms with Gasteiger partial charge in [0.25, 0.3) is 5.91 Å². The fourth-order valence-corrected chi connectivity index (χ4v) is 2.93. The monoisotopic (exact) mass is 297 g/mol. The molecule has 4 heteroatoms. The second-order valence-corrected chi connectivity index (χ2v) is 5.41. The van der Waals surface area contributed by atoms with Crippen LogP contribution >= 0.6 is 15.9 Å². The summed E-state index contributed by atoms with van der Waals surface area (Å²) >= 11 is 3.40. The fraction of sp³-hybridized carbons (Fsp3) is 0.462. The molecule has 1 fully saturated rings. The fourth-order valence-electron chi connectivity index (χ4n) is 2.32. The minimum absolute atomic E-state index is 0.0122. The van der Waals surface area contributed by atoms with Crippen LogP contribution in [0.3, 0.4) is 0 Å². The van der Waals surface area contributed by atoms with Gasteiger partial charge < -0.3 is 10.0 Å². The van der Waals surface area contributed by atoms with Gasteiger partial charge in [0.15, 0.2) is 0 Å². The number of aliphatic hydroxyl groups is 1. The number of halogens is 1. The molecular formula is C13H16BrNO2. The number of likely N-dealkylation sites (tertiary alicyclic amines) is 1. The number of aryl methyl sites for hydroxylation is 1. The van der Waals surface area contributed by atoms with E-state index in [1.54, 1.807) is 4.90 Å². The van der Waals surface area contributed by atoms with Crippen LogP contribution in [-0.4, -0.2) is 35.1 Å². The lowest BCUT2D eigenvalue weighted by atomic mass is 10.1. The van der Waals surface area contributed by atoms with Crippen LogP contribution in [0.25, 0.3) is 0 Å². The number of hydrogen-bond acceptors (Lipinski definition) is 2. The van der Waals surface area contributed by atoms with Gasteiger partial charge in [-0.1, -0.05) is 15.9 Å². The zero-order valence-electron chi connectivity index (χ0n) is 9.82. The number of benzene rings is 1. The van der Waals surface area contributed by atoms with Crippen LogP contribution in [0.2, 0.25) is 0 Å². The van der Waals surface area contributed by atoms with Crippen LogP contribution < -0.4 is 0 Å². The minimum Gasteiger partial charge on any atom is -0.394 e. The predicted molar refractivity (Wildman–Crippen MR) is 70.0 cm³/mol. The first-order valence-electron chi connectivity index (χ1n) is 5.81. The minimum atomic E-state index is -0.0122. The zero-order valence-corrected chi connectivity index (χ0v) is 11.4. The largest absolute Gasteiger partial charge is 0.394 e. The van der Waals surface area contributed by atoms with E-state index in [0.717, 1.165) is 29.4 Å². The number of aliphatic hydroxyl groups excluding tert-OH is 1. The van der Waals surface area contributed by atoms with Crippen molar-refractivity contribution in [1.29, 1.82) is 0 Å². The molecule has 1 aromatic rings. The molecule has 3 nitrogen and oxygen atoms in total. The first-order valence-corrected chi connectivity index (χ1v) is 6.60. The molecule has 0 saturated carbocycles. The van der Waals surface area contributed by atoms with E-state index in [4.69, 9.17) is 0 Å². The van der Waals surface area contributed by atoms with E-state index < -0.39 is 0 Å². The maximum Gasteiger partial charge on any atom is 0.254 e. The van der Waals surface area contributed by atoms with Crippen molar-refractivity contribution in [2.75, 3.05) is 13.2 Å². The van der Waals surface area contributed by atoms with Crippen molar-refractivity contribution in [2.24, 2.45) is 0 Å². The van der Waals surface area contributed by atoms with E-state index in [1.165, 1.54) is 0 Å². The Morgan fingerprint density at radius 2 is 2.29 bits per heavy atom. The van der Waals surface area contributed by atoms with Crippen LogP contribution in [-0.2, 0) is 0 Å². The Bertz CT molecular complexity index is 413. The van der Waals surface area contributed by atoms with Crippen LogP contribution in [0.15, 0.2) is 22.7 Å². The lowest BCUT2D eigenvalue weighted by molar-refractivity contribution is 0.0677. The highest BCUT2D eigenvalue weighted by atomic mass is 79.9. The van der Waals surface area contributed by atoms with Crippen molar-refractivity contribution in [1.82, 2.24) is 4.90 Å². The van der Waals surface area contributed by atoms with Crippen LogP contribution in [0.4, 0.5) is 0 Å². The van der Waals surface area contributed by atoms with Crippen molar-refractivity contribution >= 4 is 21.8 Å². The normalized spacial score (nSPS) is 19.7. The van der Waals surface area contributed by atoms with Crippen molar-refractivity contribution in [3.63, 3.8) is 0 Å². The molecular weight excluding hydrogens is 282 g/mol. The molecule has 1 N–H and O–H groups in total. The summed E-state index contributed by atoms with van der Waals surface area (Å²) in [5.74, 6) is 0.0194. The highest BCUT2D eigenvalue weighted by molar-refractivity contribution is 9.10. The Balaban J connectivity index is 2.24. The van der Waals surface area contributed by atoms with Gasteiger partial charge in [0, 0.05) is 16.6 Å². The van der Waals surface area contributed by atoms with E-state index in [0.29, 0.717) is 5.56 Å². The van der Waals surface area contributed by atoms with Crippen LogP contribution in [0.5, 0.6) is 0 Å². The Labute approximate surface area is 110 Å². The van der Waals surface area contributed by atoms with Gasteiger partial charge in [-0.05, 0) is 43.5 Å². The quantitative estimate of drug-likeness (QED) is 0.910. The van der Waals surface area contributed by atoms with Gasteiger partial charge in [-0.15, -0.1) is 0 Å². The highest BCUT2D eigenvalue weighted by Gasteiger charge is 2.28. The number of amides is 1.